The van der Waals surface area contributed by atoms with Gasteiger partial charge < -0.3 is 20.3 Å². The molecular weight excluding hydrogens is 444 g/mol. The molecule has 1 aromatic heterocycles. The Balaban J connectivity index is 2.02. The first-order chi connectivity index (χ1) is 14.8. The molecule has 1 fully saturated rings. The molecule has 166 valence electrons. The van der Waals surface area contributed by atoms with Gasteiger partial charge in [-0.15, -0.1) is 11.3 Å². The first-order valence-corrected chi connectivity index (χ1v) is 11.0. The molecule has 3 N–H and O–H groups in total. The number of nitrogens with zero attached hydrogens (tertiary/aromatic N) is 1. The molecule has 0 saturated heterocycles. The van der Waals surface area contributed by atoms with Gasteiger partial charge in [0.05, 0.1) is 4.88 Å². The summed E-state index contributed by atoms with van der Waals surface area (Å²) in [6.45, 7) is -0.706. The number of nitrogens with one attached hydrogen (secondary N) is 1. The Morgan fingerprint density at radius 3 is 2.55 bits per heavy atom. The minimum absolute atomic E-state index is 0.0324. The van der Waals surface area contributed by atoms with Crippen molar-refractivity contribution in [3.63, 3.8) is 0 Å². The van der Waals surface area contributed by atoms with Crippen LogP contribution < -0.4 is 15.0 Å². The van der Waals surface area contributed by atoms with Crippen molar-refractivity contribution in [2.75, 3.05) is 18.6 Å². The third kappa shape index (κ3) is 5.11. The van der Waals surface area contributed by atoms with Gasteiger partial charge in [-0.2, -0.15) is 0 Å². The van der Waals surface area contributed by atoms with Crippen molar-refractivity contribution in [1.29, 1.82) is 0 Å². The molecule has 0 bridgehead atoms. The van der Waals surface area contributed by atoms with Gasteiger partial charge in [0.15, 0.2) is 17.2 Å². The van der Waals surface area contributed by atoms with Gasteiger partial charge in [0.1, 0.15) is 5.02 Å². The highest BCUT2D eigenvalue weighted by Crippen LogP contribution is 2.46. The number of carbonyl (C=O) groups excluding carboxylic acids is 1. The standard InChI is InChI=1S/C21H23ClN2O6S/c1-23-21(29)24(13-7-3-2-4-8-13)14-9-5-6-12(10-14)18-16(22)17(30-11-15(25)26)19(31-18)20(27)28/h5-6,9-10,13H,2-4,7-8,11H2,1H3,(H,23,29)(H,25,26)(H,27,28). The second-order valence-corrected chi connectivity index (χ2v) is 8.56. The first kappa shape index (κ1) is 22.9. The SMILES string of the molecule is CNC(=O)N(c1cccc(-c2sc(C(=O)O)c(OCC(=O)O)c2Cl)c1)C1CCCCC1. The minimum atomic E-state index is -1.26. The summed E-state index contributed by atoms with van der Waals surface area (Å²) in [6.07, 6.45) is 5.09. The highest BCUT2D eigenvalue weighted by molar-refractivity contribution is 7.18. The molecule has 10 heteroatoms. The monoisotopic (exact) mass is 466 g/mol. The Labute approximate surface area is 188 Å². The molecule has 2 amide bonds. The molecule has 0 aliphatic heterocycles. The molecule has 0 spiro atoms. The number of hydrogen-bond acceptors (Lipinski definition) is 5. The Kier molecular flexibility index (Phi) is 7.40. The van der Waals surface area contributed by atoms with Gasteiger partial charge in [0, 0.05) is 18.8 Å². The van der Waals surface area contributed by atoms with Crippen LogP contribution in [0.1, 0.15) is 41.8 Å². The van der Waals surface area contributed by atoms with Crippen molar-refractivity contribution in [2.45, 2.75) is 38.1 Å². The number of carbonyl (C=O) groups is 3. The Hall–Kier alpha value is -2.78. The van der Waals surface area contributed by atoms with Gasteiger partial charge in [-0.1, -0.05) is 43.0 Å². The predicted octanol–water partition coefficient (Wildman–Crippen LogP) is 4.71. The number of aliphatic carboxylic acids is 1. The van der Waals surface area contributed by atoms with Crippen molar-refractivity contribution < 1.29 is 29.3 Å². The fourth-order valence-corrected chi connectivity index (χ4v) is 5.14. The zero-order valence-corrected chi connectivity index (χ0v) is 18.5. The van der Waals surface area contributed by atoms with Gasteiger partial charge in [-0.05, 0) is 30.5 Å². The van der Waals surface area contributed by atoms with E-state index in [1.165, 1.54) is 0 Å². The first-order valence-electron chi connectivity index (χ1n) is 9.85. The van der Waals surface area contributed by atoms with Crippen LogP contribution in [0.4, 0.5) is 10.5 Å². The van der Waals surface area contributed by atoms with Gasteiger partial charge in [0.25, 0.3) is 0 Å². The van der Waals surface area contributed by atoms with Gasteiger partial charge in [-0.3, -0.25) is 4.90 Å². The topological polar surface area (TPSA) is 116 Å². The van der Waals surface area contributed by atoms with Crippen LogP contribution in [0, 0.1) is 0 Å². The van der Waals surface area contributed by atoms with E-state index in [0.717, 1.165) is 43.4 Å². The smallest absolute Gasteiger partial charge is 0.349 e. The number of benzene rings is 1. The number of rotatable bonds is 7. The lowest BCUT2D eigenvalue weighted by atomic mass is 9.94. The number of carboxylic acids is 2. The average Bonchev–Trinajstić information content (AvgIpc) is 3.09. The summed E-state index contributed by atoms with van der Waals surface area (Å²) >= 11 is 7.30. The fraction of sp³-hybridized carbons (Fsp3) is 0.381. The molecule has 1 saturated carbocycles. The lowest BCUT2D eigenvalue weighted by Crippen LogP contribution is -2.46. The summed E-state index contributed by atoms with van der Waals surface area (Å²) in [5.41, 5.74) is 1.29. The number of halogens is 1. The Morgan fingerprint density at radius 2 is 1.94 bits per heavy atom. The summed E-state index contributed by atoms with van der Waals surface area (Å²) in [6, 6.07) is 7.02. The average molecular weight is 467 g/mol. The van der Waals surface area contributed by atoms with Crippen LogP contribution >= 0.6 is 22.9 Å². The van der Waals surface area contributed by atoms with E-state index in [1.54, 1.807) is 30.1 Å². The number of anilines is 1. The summed E-state index contributed by atoms with van der Waals surface area (Å²) in [5.74, 6) is -2.67. The van der Waals surface area contributed by atoms with Crippen molar-refractivity contribution >= 4 is 46.6 Å². The Morgan fingerprint density at radius 1 is 1.23 bits per heavy atom. The van der Waals surface area contributed by atoms with E-state index >= 15 is 0 Å². The van der Waals surface area contributed by atoms with E-state index < -0.39 is 18.5 Å². The van der Waals surface area contributed by atoms with Crippen molar-refractivity contribution in [3.05, 3.63) is 34.2 Å². The third-order valence-electron chi connectivity index (χ3n) is 5.10. The zero-order chi connectivity index (χ0) is 22.5. The molecule has 1 aliphatic rings. The summed E-state index contributed by atoms with van der Waals surface area (Å²) < 4.78 is 5.14. The van der Waals surface area contributed by atoms with E-state index in [2.05, 4.69) is 5.32 Å². The molecule has 1 heterocycles. The van der Waals surface area contributed by atoms with Crippen LogP contribution in [0.25, 0.3) is 10.4 Å². The normalized spacial score (nSPS) is 14.1. The lowest BCUT2D eigenvalue weighted by molar-refractivity contribution is -0.139. The maximum Gasteiger partial charge on any atom is 0.349 e. The number of carboxylic acid groups (broad SMARTS) is 2. The van der Waals surface area contributed by atoms with E-state index in [-0.39, 0.29) is 27.7 Å². The van der Waals surface area contributed by atoms with E-state index in [0.29, 0.717) is 16.1 Å². The Bertz CT molecular complexity index is 986. The van der Waals surface area contributed by atoms with Crippen LogP contribution in [-0.2, 0) is 4.79 Å². The second kappa shape index (κ2) is 10.0. The predicted molar refractivity (Wildman–Crippen MR) is 119 cm³/mol. The van der Waals surface area contributed by atoms with Crippen LogP contribution in [0.2, 0.25) is 5.02 Å². The van der Waals surface area contributed by atoms with Crippen molar-refractivity contribution in [1.82, 2.24) is 5.32 Å². The molecule has 1 aliphatic carbocycles. The van der Waals surface area contributed by atoms with Gasteiger partial charge in [0.2, 0.25) is 0 Å². The number of aromatic carboxylic acids is 1. The molecule has 0 atom stereocenters. The lowest BCUT2D eigenvalue weighted by Gasteiger charge is -2.34. The van der Waals surface area contributed by atoms with E-state index in [1.807, 2.05) is 6.07 Å². The van der Waals surface area contributed by atoms with E-state index in [4.69, 9.17) is 21.4 Å². The fourth-order valence-electron chi connectivity index (χ4n) is 3.74. The molecule has 2 aromatic rings. The summed E-state index contributed by atoms with van der Waals surface area (Å²) in [4.78, 5) is 37.1. The summed E-state index contributed by atoms with van der Waals surface area (Å²) in [5, 5.41) is 21.1. The molecule has 0 unspecified atom stereocenters. The quantitative estimate of drug-likeness (QED) is 0.544. The highest BCUT2D eigenvalue weighted by Gasteiger charge is 2.28. The number of amides is 2. The summed E-state index contributed by atoms with van der Waals surface area (Å²) in [7, 11) is 1.59. The number of urea groups is 1. The zero-order valence-electron chi connectivity index (χ0n) is 16.9. The van der Waals surface area contributed by atoms with Crippen LogP contribution in [-0.4, -0.2) is 47.9 Å². The molecule has 0 radical (unpaired) electrons. The largest absolute Gasteiger partial charge is 0.479 e. The van der Waals surface area contributed by atoms with Gasteiger partial charge >= 0.3 is 18.0 Å². The van der Waals surface area contributed by atoms with E-state index in [9.17, 15) is 19.5 Å². The number of ether oxygens (including phenoxy) is 1. The molecule has 31 heavy (non-hydrogen) atoms. The molecular formula is C21H23ClN2O6S. The molecule has 3 rings (SSSR count). The number of thiophene rings is 1. The maximum atomic E-state index is 12.7. The second-order valence-electron chi connectivity index (χ2n) is 7.16. The van der Waals surface area contributed by atoms with Crippen LogP contribution in [0.3, 0.4) is 0 Å². The third-order valence-corrected chi connectivity index (χ3v) is 6.78. The van der Waals surface area contributed by atoms with Gasteiger partial charge in [-0.25, -0.2) is 14.4 Å². The molecule has 1 aromatic carbocycles. The van der Waals surface area contributed by atoms with Crippen molar-refractivity contribution in [2.24, 2.45) is 0 Å². The molecule has 8 nitrogen and oxygen atoms in total. The van der Waals surface area contributed by atoms with Crippen LogP contribution in [0.15, 0.2) is 24.3 Å². The van der Waals surface area contributed by atoms with Crippen LogP contribution in [0.5, 0.6) is 5.75 Å². The maximum absolute atomic E-state index is 12.7. The highest BCUT2D eigenvalue weighted by atomic mass is 35.5. The number of hydrogen-bond donors (Lipinski definition) is 3. The van der Waals surface area contributed by atoms with Crippen molar-refractivity contribution in [3.8, 4) is 16.2 Å². The minimum Gasteiger partial charge on any atom is -0.479 e.